The minimum atomic E-state index is -3.45. The van der Waals surface area contributed by atoms with Crippen LogP contribution in [0.2, 0.25) is 0 Å². The van der Waals surface area contributed by atoms with Gasteiger partial charge in [-0.1, -0.05) is 12.1 Å². The van der Waals surface area contributed by atoms with E-state index in [0.717, 1.165) is 21.8 Å². The molecule has 1 aliphatic heterocycles. The van der Waals surface area contributed by atoms with Crippen molar-refractivity contribution in [3.05, 3.63) is 40.5 Å². The summed E-state index contributed by atoms with van der Waals surface area (Å²) in [6, 6.07) is 5.65. The van der Waals surface area contributed by atoms with E-state index in [9.17, 15) is 8.42 Å². The van der Waals surface area contributed by atoms with E-state index in [-0.39, 0.29) is 0 Å². The minimum Gasteiger partial charge on any atom is -0.398 e. The summed E-state index contributed by atoms with van der Waals surface area (Å²) < 4.78 is 26.9. The van der Waals surface area contributed by atoms with Crippen LogP contribution >= 0.6 is 11.3 Å². The molecule has 2 heterocycles. The zero-order valence-corrected chi connectivity index (χ0v) is 12.7. The Morgan fingerprint density at radius 2 is 2.20 bits per heavy atom. The van der Waals surface area contributed by atoms with E-state index in [4.69, 9.17) is 5.73 Å². The van der Waals surface area contributed by atoms with Crippen LogP contribution < -0.4 is 5.73 Å². The van der Waals surface area contributed by atoms with Crippen LogP contribution in [0.1, 0.15) is 16.1 Å². The summed E-state index contributed by atoms with van der Waals surface area (Å²) in [5.41, 5.74) is 8.73. The van der Waals surface area contributed by atoms with Crippen molar-refractivity contribution in [2.45, 2.75) is 24.1 Å². The van der Waals surface area contributed by atoms with Gasteiger partial charge in [0, 0.05) is 18.8 Å². The summed E-state index contributed by atoms with van der Waals surface area (Å²) in [5.74, 6) is 0. The molecule has 5 nitrogen and oxygen atoms in total. The molecule has 0 amide bonds. The Bertz CT molecular complexity index is 753. The molecule has 106 valence electrons. The Kier molecular flexibility index (Phi) is 3.27. The first-order valence-corrected chi connectivity index (χ1v) is 8.53. The number of benzene rings is 1. The Balaban J connectivity index is 1.94. The van der Waals surface area contributed by atoms with Crippen LogP contribution in [0.3, 0.4) is 0 Å². The number of rotatable bonds is 2. The summed E-state index contributed by atoms with van der Waals surface area (Å²) >= 11 is 1.21. The molecule has 1 aromatic heterocycles. The molecule has 0 saturated heterocycles. The third-order valence-electron chi connectivity index (χ3n) is 3.46. The van der Waals surface area contributed by atoms with Crippen LogP contribution in [0.4, 0.5) is 5.69 Å². The Morgan fingerprint density at radius 3 is 2.90 bits per heavy atom. The maximum Gasteiger partial charge on any atom is 0.254 e. The maximum atomic E-state index is 12.6. The second kappa shape index (κ2) is 4.83. The summed E-state index contributed by atoms with van der Waals surface area (Å²) in [5, 5.41) is 0.755. The molecule has 1 aliphatic rings. The number of aromatic nitrogens is 1. The van der Waals surface area contributed by atoms with Gasteiger partial charge in [-0.15, -0.1) is 11.3 Å². The zero-order chi connectivity index (χ0) is 14.3. The number of fused-ring (bicyclic) bond motifs is 1. The Labute approximate surface area is 122 Å². The lowest BCUT2D eigenvalue weighted by atomic mass is 9.99. The van der Waals surface area contributed by atoms with Crippen LogP contribution in [-0.4, -0.2) is 24.3 Å². The van der Waals surface area contributed by atoms with Crippen molar-refractivity contribution in [3.8, 4) is 0 Å². The van der Waals surface area contributed by atoms with Crippen molar-refractivity contribution in [1.29, 1.82) is 0 Å². The smallest absolute Gasteiger partial charge is 0.254 e. The molecule has 2 N–H and O–H groups in total. The Morgan fingerprint density at radius 1 is 1.40 bits per heavy atom. The minimum absolute atomic E-state index is 0.308. The van der Waals surface area contributed by atoms with Crippen molar-refractivity contribution >= 4 is 27.0 Å². The van der Waals surface area contributed by atoms with E-state index in [0.29, 0.717) is 23.7 Å². The topological polar surface area (TPSA) is 76.3 Å². The lowest BCUT2D eigenvalue weighted by molar-refractivity contribution is 0.393. The SMILES string of the molecule is Cc1ncc(S(=O)(=O)N2CCc3c(N)cccc3C2)s1. The van der Waals surface area contributed by atoms with Gasteiger partial charge in [0.1, 0.15) is 0 Å². The van der Waals surface area contributed by atoms with Gasteiger partial charge in [0.15, 0.2) is 4.21 Å². The van der Waals surface area contributed by atoms with E-state index < -0.39 is 10.0 Å². The van der Waals surface area contributed by atoms with Gasteiger partial charge in [0.2, 0.25) is 0 Å². The fourth-order valence-corrected chi connectivity index (χ4v) is 5.09. The highest BCUT2D eigenvalue weighted by atomic mass is 32.2. The third kappa shape index (κ3) is 2.21. The quantitative estimate of drug-likeness (QED) is 0.858. The van der Waals surface area contributed by atoms with E-state index in [1.807, 2.05) is 18.2 Å². The molecule has 0 bridgehead atoms. The molecule has 0 radical (unpaired) electrons. The van der Waals surface area contributed by atoms with Gasteiger partial charge < -0.3 is 5.73 Å². The van der Waals surface area contributed by atoms with Crippen molar-refractivity contribution in [2.24, 2.45) is 0 Å². The number of anilines is 1. The largest absolute Gasteiger partial charge is 0.398 e. The molecule has 0 spiro atoms. The average molecular weight is 309 g/mol. The van der Waals surface area contributed by atoms with Crippen molar-refractivity contribution < 1.29 is 8.42 Å². The van der Waals surface area contributed by atoms with E-state index >= 15 is 0 Å². The van der Waals surface area contributed by atoms with Crippen LogP contribution in [0.25, 0.3) is 0 Å². The number of nitrogen functional groups attached to an aromatic ring is 1. The molecular weight excluding hydrogens is 294 g/mol. The number of hydrogen-bond acceptors (Lipinski definition) is 5. The number of sulfonamides is 1. The van der Waals surface area contributed by atoms with Gasteiger partial charge in [0.25, 0.3) is 10.0 Å². The van der Waals surface area contributed by atoms with Gasteiger partial charge >= 0.3 is 0 Å². The molecule has 0 unspecified atom stereocenters. The van der Waals surface area contributed by atoms with Gasteiger partial charge in [-0.25, -0.2) is 13.4 Å². The monoisotopic (exact) mass is 309 g/mol. The zero-order valence-electron chi connectivity index (χ0n) is 11.0. The van der Waals surface area contributed by atoms with E-state index in [2.05, 4.69) is 4.98 Å². The predicted molar refractivity (Wildman–Crippen MR) is 79.0 cm³/mol. The highest BCUT2D eigenvalue weighted by Gasteiger charge is 2.30. The van der Waals surface area contributed by atoms with Crippen LogP contribution in [0, 0.1) is 6.92 Å². The highest BCUT2D eigenvalue weighted by Crippen LogP contribution is 2.29. The number of nitrogens with two attached hydrogens (primary N) is 1. The standard InChI is InChI=1S/C13H15N3O2S2/c1-9-15-7-13(19-9)20(17,18)16-6-5-11-10(8-16)3-2-4-12(11)14/h2-4,7H,5-6,8,14H2,1H3. The van der Waals surface area contributed by atoms with Crippen LogP contribution in [0.15, 0.2) is 28.6 Å². The summed E-state index contributed by atoms with van der Waals surface area (Å²) in [6.07, 6.45) is 2.09. The number of aryl methyl sites for hydroxylation is 1. The molecule has 0 aliphatic carbocycles. The highest BCUT2D eigenvalue weighted by molar-refractivity contribution is 7.91. The number of thiazole rings is 1. The van der Waals surface area contributed by atoms with Crippen molar-refractivity contribution in [1.82, 2.24) is 9.29 Å². The first kappa shape index (κ1) is 13.5. The van der Waals surface area contributed by atoms with Gasteiger partial charge in [-0.3, -0.25) is 0 Å². The fourth-order valence-electron chi connectivity index (χ4n) is 2.41. The van der Waals surface area contributed by atoms with Crippen molar-refractivity contribution in [3.63, 3.8) is 0 Å². The lowest BCUT2D eigenvalue weighted by Crippen LogP contribution is -2.35. The van der Waals surface area contributed by atoms with E-state index in [1.165, 1.54) is 21.8 Å². The molecule has 3 rings (SSSR count). The fraction of sp³-hybridized carbons (Fsp3) is 0.308. The third-order valence-corrected chi connectivity index (χ3v) is 6.66. The van der Waals surface area contributed by atoms with Gasteiger partial charge in [-0.05, 0) is 30.5 Å². The second-order valence-electron chi connectivity index (χ2n) is 4.77. The van der Waals surface area contributed by atoms with Crippen LogP contribution in [0.5, 0.6) is 0 Å². The average Bonchev–Trinajstić information content (AvgIpc) is 2.86. The summed E-state index contributed by atoms with van der Waals surface area (Å²) in [4.78, 5) is 4.03. The molecule has 0 atom stereocenters. The lowest BCUT2D eigenvalue weighted by Gasteiger charge is -2.28. The molecule has 20 heavy (non-hydrogen) atoms. The molecule has 1 aromatic carbocycles. The van der Waals surface area contributed by atoms with Gasteiger partial charge in [-0.2, -0.15) is 4.31 Å². The Hall–Kier alpha value is -1.44. The first-order valence-electron chi connectivity index (χ1n) is 6.27. The van der Waals surface area contributed by atoms with Gasteiger partial charge in [0.05, 0.1) is 11.2 Å². The van der Waals surface area contributed by atoms with Crippen molar-refractivity contribution in [2.75, 3.05) is 12.3 Å². The summed E-state index contributed by atoms with van der Waals surface area (Å²) in [6.45, 7) is 2.63. The molecular formula is C13H15N3O2S2. The maximum absolute atomic E-state index is 12.6. The molecule has 0 saturated carbocycles. The number of hydrogen-bond donors (Lipinski definition) is 1. The number of nitrogens with zero attached hydrogens (tertiary/aromatic N) is 2. The predicted octanol–water partition coefficient (Wildman–Crippen LogP) is 1.78. The normalized spacial score (nSPS) is 16.1. The second-order valence-corrected chi connectivity index (χ2v) is 8.17. The molecule has 2 aromatic rings. The van der Waals surface area contributed by atoms with E-state index in [1.54, 1.807) is 6.92 Å². The first-order chi connectivity index (χ1) is 9.48. The molecule has 7 heteroatoms. The summed E-state index contributed by atoms with van der Waals surface area (Å²) in [7, 11) is -3.45. The van der Waals surface area contributed by atoms with Crippen LogP contribution in [-0.2, 0) is 23.0 Å². The molecule has 0 fully saturated rings.